The maximum Gasteiger partial charge on any atom is 0.355 e. The molecule has 0 aliphatic rings. The molecular weight excluding hydrogens is 156 g/mol. The second-order valence-electron chi connectivity index (χ2n) is 2.53. The van der Waals surface area contributed by atoms with E-state index in [1.807, 2.05) is 13.8 Å². The van der Waals surface area contributed by atoms with Crippen LogP contribution in [0.15, 0.2) is 11.9 Å². The van der Waals surface area contributed by atoms with Crippen LogP contribution in [0.25, 0.3) is 0 Å². The Balaban J connectivity index is 4.10. The van der Waals surface area contributed by atoms with Gasteiger partial charge in [0.05, 0.1) is 7.11 Å². The van der Waals surface area contributed by atoms with E-state index in [4.69, 9.17) is 5.73 Å². The second kappa shape index (κ2) is 5.46. The monoisotopic (exact) mass is 172 g/mol. The molecule has 0 amide bonds. The van der Waals surface area contributed by atoms with Crippen molar-refractivity contribution in [2.75, 3.05) is 7.11 Å². The van der Waals surface area contributed by atoms with Crippen molar-refractivity contribution in [2.45, 2.75) is 26.3 Å². The Hall–Kier alpha value is -1.19. The molecule has 3 N–H and O–H groups in total. The summed E-state index contributed by atoms with van der Waals surface area (Å²) in [7, 11) is 1.32. The summed E-state index contributed by atoms with van der Waals surface area (Å²) >= 11 is 0. The van der Waals surface area contributed by atoms with Crippen LogP contribution in [-0.2, 0) is 9.53 Å². The first-order chi connectivity index (χ1) is 5.65. The molecule has 0 aliphatic carbocycles. The number of carbonyl (C=O) groups is 1. The standard InChI is InChI=1S/C8H16N2O2/c1-4-6(2)10-7(5-9)8(11)12-3/h5-6,10H,4,9H2,1-3H3. The predicted molar refractivity (Wildman–Crippen MR) is 47.2 cm³/mol. The van der Waals surface area contributed by atoms with Gasteiger partial charge in [-0.25, -0.2) is 4.79 Å². The van der Waals surface area contributed by atoms with Gasteiger partial charge in [-0.15, -0.1) is 0 Å². The van der Waals surface area contributed by atoms with Crippen LogP contribution in [0.5, 0.6) is 0 Å². The number of rotatable bonds is 4. The van der Waals surface area contributed by atoms with Crippen LogP contribution in [0, 0.1) is 0 Å². The first-order valence-corrected chi connectivity index (χ1v) is 3.92. The molecular formula is C8H16N2O2. The fraction of sp³-hybridized carbons (Fsp3) is 0.625. The van der Waals surface area contributed by atoms with Crippen molar-refractivity contribution in [3.63, 3.8) is 0 Å². The number of carbonyl (C=O) groups excluding carboxylic acids is 1. The molecule has 4 nitrogen and oxygen atoms in total. The molecule has 0 heterocycles. The van der Waals surface area contributed by atoms with Crippen LogP contribution >= 0.6 is 0 Å². The van der Waals surface area contributed by atoms with Crippen molar-refractivity contribution in [3.8, 4) is 0 Å². The summed E-state index contributed by atoms with van der Waals surface area (Å²) < 4.78 is 4.50. The Morgan fingerprint density at radius 1 is 1.75 bits per heavy atom. The molecule has 70 valence electrons. The predicted octanol–water partition coefficient (Wildman–Crippen LogP) is 0.348. The number of hydrogen-bond donors (Lipinski definition) is 2. The van der Waals surface area contributed by atoms with Gasteiger partial charge in [-0.3, -0.25) is 0 Å². The van der Waals surface area contributed by atoms with E-state index in [-0.39, 0.29) is 6.04 Å². The highest BCUT2D eigenvalue weighted by atomic mass is 16.5. The number of hydrogen-bond acceptors (Lipinski definition) is 4. The zero-order valence-electron chi connectivity index (χ0n) is 7.76. The van der Waals surface area contributed by atoms with Gasteiger partial charge in [0.25, 0.3) is 0 Å². The number of nitrogens with one attached hydrogen (secondary N) is 1. The van der Waals surface area contributed by atoms with Crippen molar-refractivity contribution in [3.05, 3.63) is 11.9 Å². The molecule has 0 aliphatic heterocycles. The highest BCUT2D eigenvalue weighted by Crippen LogP contribution is 1.96. The summed E-state index contributed by atoms with van der Waals surface area (Å²) in [6.07, 6.45) is 2.15. The second-order valence-corrected chi connectivity index (χ2v) is 2.53. The molecule has 0 saturated carbocycles. The quantitative estimate of drug-likeness (QED) is 0.474. The van der Waals surface area contributed by atoms with Gasteiger partial charge in [0.15, 0.2) is 0 Å². The lowest BCUT2D eigenvalue weighted by molar-refractivity contribution is -0.136. The maximum atomic E-state index is 11.0. The Morgan fingerprint density at radius 2 is 2.33 bits per heavy atom. The van der Waals surface area contributed by atoms with E-state index in [9.17, 15) is 4.79 Å². The maximum absolute atomic E-state index is 11.0. The Labute approximate surface area is 72.8 Å². The number of nitrogens with two attached hydrogens (primary N) is 1. The molecule has 0 spiro atoms. The molecule has 0 radical (unpaired) electrons. The Morgan fingerprint density at radius 3 is 2.67 bits per heavy atom. The van der Waals surface area contributed by atoms with E-state index in [2.05, 4.69) is 10.1 Å². The van der Waals surface area contributed by atoms with Crippen molar-refractivity contribution in [1.29, 1.82) is 0 Å². The molecule has 0 bridgehead atoms. The summed E-state index contributed by atoms with van der Waals surface area (Å²) in [5.74, 6) is -0.433. The first-order valence-electron chi connectivity index (χ1n) is 3.92. The fourth-order valence-corrected chi connectivity index (χ4v) is 0.653. The average molecular weight is 172 g/mol. The molecule has 1 unspecified atom stereocenters. The summed E-state index contributed by atoms with van der Waals surface area (Å²) in [4.78, 5) is 11.0. The summed E-state index contributed by atoms with van der Waals surface area (Å²) in [6, 6.07) is 0.221. The van der Waals surface area contributed by atoms with Gasteiger partial charge in [0.1, 0.15) is 5.70 Å². The minimum atomic E-state index is -0.433. The van der Waals surface area contributed by atoms with Crippen LogP contribution in [0.1, 0.15) is 20.3 Å². The first kappa shape index (κ1) is 10.8. The van der Waals surface area contributed by atoms with Crippen molar-refractivity contribution in [1.82, 2.24) is 5.32 Å². The third-order valence-electron chi connectivity index (χ3n) is 1.59. The molecule has 12 heavy (non-hydrogen) atoms. The zero-order chi connectivity index (χ0) is 9.56. The van der Waals surface area contributed by atoms with Crippen molar-refractivity contribution in [2.24, 2.45) is 5.73 Å². The van der Waals surface area contributed by atoms with Gasteiger partial charge in [0.2, 0.25) is 0 Å². The summed E-state index contributed by atoms with van der Waals surface area (Å²) in [5.41, 5.74) is 5.54. The van der Waals surface area contributed by atoms with Crippen molar-refractivity contribution >= 4 is 5.97 Å². The summed E-state index contributed by atoms with van der Waals surface area (Å²) in [5, 5.41) is 2.93. The van der Waals surface area contributed by atoms with Crippen LogP contribution in [0.3, 0.4) is 0 Å². The lowest BCUT2D eigenvalue weighted by Crippen LogP contribution is -2.30. The largest absolute Gasteiger partial charge is 0.464 e. The molecule has 0 aromatic heterocycles. The molecule has 0 aromatic rings. The molecule has 0 saturated heterocycles. The molecule has 4 heteroatoms. The topological polar surface area (TPSA) is 64.3 Å². The zero-order valence-corrected chi connectivity index (χ0v) is 7.76. The van der Waals surface area contributed by atoms with E-state index in [1.165, 1.54) is 13.3 Å². The van der Waals surface area contributed by atoms with E-state index < -0.39 is 5.97 Å². The number of ether oxygens (including phenoxy) is 1. The van der Waals surface area contributed by atoms with Crippen molar-refractivity contribution < 1.29 is 9.53 Å². The minimum Gasteiger partial charge on any atom is -0.464 e. The fourth-order valence-electron chi connectivity index (χ4n) is 0.653. The summed E-state index contributed by atoms with van der Waals surface area (Å²) in [6.45, 7) is 3.98. The lowest BCUT2D eigenvalue weighted by atomic mass is 10.2. The molecule has 1 atom stereocenters. The average Bonchev–Trinajstić information content (AvgIpc) is 2.12. The van der Waals surface area contributed by atoms with E-state index >= 15 is 0 Å². The third-order valence-corrected chi connectivity index (χ3v) is 1.59. The van der Waals surface area contributed by atoms with Gasteiger partial charge in [0, 0.05) is 12.2 Å². The van der Waals surface area contributed by atoms with Crippen LogP contribution < -0.4 is 11.1 Å². The van der Waals surface area contributed by atoms with Gasteiger partial charge in [-0.2, -0.15) is 0 Å². The van der Waals surface area contributed by atoms with Gasteiger partial charge in [-0.1, -0.05) is 6.92 Å². The van der Waals surface area contributed by atoms with E-state index in [1.54, 1.807) is 0 Å². The molecule has 0 aromatic carbocycles. The van der Waals surface area contributed by atoms with Gasteiger partial charge in [-0.05, 0) is 13.3 Å². The van der Waals surface area contributed by atoms with E-state index in [0.717, 1.165) is 6.42 Å². The minimum absolute atomic E-state index is 0.221. The molecule has 0 rings (SSSR count). The van der Waals surface area contributed by atoms with Gasteiger partial charge < -0.3 is 15.8 Å². The highest BCUT2D eigenvalue weighted by Gasteiger charge is 2.10. The normalized spacial score (nSPS) is 13.8. The Bertz CT molecular complexity index is 178. The van der Waals surface area contributed by atoms with Crippen LogP contribution in [0.4, 0.5) is 0 Å². The number of methoxy groups -OCH3 is 1. The number of esters is 1. The Kier molecular flexibility index (Phi) is 4.92. The lowest BCUT2D eigenvalue weighted by Gasteiger charge is -2.13. The third kappa shape index (κ3) is 3.27. The van der Waals surface area contributed by atoms with Crippen LogP contribution in [0.2, 0.25) is 0 Å². The molecule has 0 fully saturated rings. The van der Waals surface area contributed by atoms with E-state index in [0.29, 0.717) is 5.70 Å². The van der Waals surface area contributed by atoms with Gasteiger partial charge >= 0.3 is 5.97 Å². The van der Waals surface area contributed by atoms with Crippen LogP contribution in [-0.4, -0.2) is 19.1 Å². The smallest absolute Gasteiger partial charge is 0.355 e. The highest BCUT2D eigenvalue weighted by molar-refractivity contribution is 5.87. The SMILES string of the molecule is CCC(C)NC(=CN)C(=O)OC.